The number of hydrogen-bond donors (Lipinski definition) is 4. The zero-order chi connectivity index (χ0) is 17.6. The van der Waals surface area contributed by atoms with Gasteiger partial charge < -0.3 is 16.0 Å². The molecule has 0 spiro atoms. The summed E-state index contributed by atoms with van der Waals surface area (Å²) in [6.45, 7) is 8.57. The Bertz CT molecular complexity index is 576. The minimum atomic E-state index is -0.590. The molecule has 1 rings (SSSR count). The number of carbonyl (C=O) groups excluding carboxylic acids is 3. The third-order valence-corrected chi connectivity index (χ3v) is 2.71. The van der Waals surface area contributed by atoms with E-state index in [1.807, 2.05) is 20.8 Å². The third kappa shape index (κ3) is 7.30. The second kappa shape index (κ2) is 7.62. The number of benzene rings is 1. The van der Waals surface area contributed by atoms with Crippen molar-refractivity contribution in [2.75, 3.05) is 10.6 Å². The molecule has 0 saturated carbocycles. The SMILES string of the molecule is CC(=O)Nc1ccc(NC(C)C(=O)NC(=O)NC(C)(C)C)cc1. The predicted molar refractivity (Wildman–Crippen MR) is 90.3 cm³/mol. The van der Waals surface area contributed by atoms with Crippen molar-refractivity contribution in [3.05, 3.63) is 24.3 Å². The number of hydrogen-bond acceptors (Lipinski definition) is 4. The molecule has 4 N–H and O–H groups in total. The molecule has 1 aromatic carbocycles. The molecule has 7 nitrogen and oxygen atoms in total. The molecule has 7 heteroatoms. The highest BCUT2D eigenvalue weighted by molar-refractivity contribution is 5.98. The van der Waals surface area contributed by atoms with Crippen molar-refractivity contribution in [3.8, 4) is 0 Å². The monoisotopic (exact) mass is 320 g/mol. The molecule has 0 saturated heterocycles. The summed E-state index contributed by atoms with van der Waals surface area (Å²) in [5.74, 6) is -0.582. The lowest BCUT2D eigenvalue weighted by Crippen LogP contribution is -2.51. The molecule has 0 radical (unpaired) electrons. The van der Waals surface area contributed by atoms with E-state index in [-0.39, 0.29) is 5.91 Å². The van der Waals surface area contributed by atoms with Crippen molar-refractivity contribution in [2.24, 2.45) is 0 Å². The zero-order valence-corrected chi connectivity index (χ0v) is 14.1. The Kier molecular flexibility index (Phi) is 6.12. The Labute approximate surface area is 136 Å². The highest BCUT2D eigenvalue weighted by Crippen LogP contribution is 2.14. The van der Waals surface area contributed by atoms with E-state index in [0.29, 0.717) is 11.4 Å². The first-order chi connectivity index (χ1) is 10.6. The molecule has 1 atom stereocenters. The van der Waals surface area contributed by atoms with E-state index in [0.717, 1.165) is 0 Å². The standard InChI is InChI=1S/C16H24N4O3/c1-10(14(22)19-15(23)20-16(3,4)5)17-12-6-8-13(9-7-12)18-11(2)21/h6-10,17H,1-5H3,(H,18,21)(H2,19,20,22,23). The van der Waals surface area contributed by atoms with Crippen LogP contribution in [-0.4, -0.2) is 29.4 Å². The van der Waals surface area contributed by atoms with Gasteiger partial charge in [-0.25, -0.2) is 4.79 Å². The van der Waals surface area contributed by atoms with Gasteiger partial charge in [-0.3, -0.25) is 14.9 Å². The maximum Gasteiger partial charge on any atom is 0.321 e. The largest absolute Gasteiger partial charge is 0.374 e. The molecule has 0 aliphatic heterocycles. The number of rotatable bonds is 4. The number of anilines is 2. The van der Waals surface area contributed by atoms with Crippen molar-refractivity contribution in [2.45, 2.75) is 46.2 Å². The van der Waals surface area contributed by atoms with Crippen molar-refractivity contribution >= 4 is 29.2 Å². The van der Waals surface area contributed by atoms with Gasteiger partial charge in [0.25, 0.3) is 0 Å². The molecule has 23 heavy (non-hydrogen) atoms. The minimum Gasteiger partial charge on any atom is -0.374 e. The van der Waals surface area contributed by atoms with Gasteiger partial charge in [0.1, 0.15) is 6.04 Å². The first-order valence-corrected chi connectivity index (χ1v) is 7.34. The van der Waals surface area contributed by atoms with Gasteiger partial charge >= 0.3 is 6.03 Å². The zero-order valence-electron chi connectivity index (χ0n) is 14.1. The molecular weight excluding hydrogens is 296 g/mol. The van der Waals surface area contributed by atoms with E-state index in [4.69, 9.17) is 0 Å². The summed E-state index contributed by atoms with van der Waals surface area (Å²) in [4.78, 5) is 34.6. The second-order valence-corrected chi connectivity index (χ2v) is 6.32. The quantitative estimate of drug-likeness (QED) is 0.682. The van der Waals surface area contributed by atoms with Gasteiger partial charge in [0.2, 0.25) is 11.8 Å². The first kappa shape index (κ1) is 18.5. The highest BCUT2D eigenvalue weighted by atomic mass is 16.2. The first-order valence-electron chi connectivity index (χ1n) is 7.34. The Morgan fingerprint density at radius 3 is 2.00 bits per heavy atom. The molecule has 1 aromatic rings. The number of imide groups is 1. The topological polar surface area (TPSA) is 99.3 Å². The van der Waals surface area contributed by atoms with Crippen LogP contribution in [0.5, 0.6) is 0 Å². The van der Waals surface area contributed by atoms with E-state index in [2.05, 4.69) is 21.3 Å². The molecule has 0 aromatic heterocycles. The van der Waals surface area contributed by atoms with Crippen LogP contribution in [0.1, 0.15) is 34.6 Å². The molecule has 0 aliphatic rings. The van der Waals surface area contributed by atoms with Crippen LogP contribution in [0.2, 0.25) is 0 Å². The summed E-state index contributed by atoms with van der Waals surface area (Å²) >= 11 is 0. The van der Waals surface area contributed by atoms with E-state index < -0.39 is 23.5 Å². The maximum absolute atomic E-state index is 12.0. The van der Waals surface area contributed by atoms with Gasteiger partial charge in [-0.2, -0.15) is 0 Å². The molecule has 126 valence electrons. The summed E-state index contributed by atoms with van der Waals surface area (Å²) in [6.07, 6.45) is 0. The van der Waals surface area contributed by atoms with Crippen LogP contribution < -0.4 is 21.3 Å². The minimum absolute atomic E-state index is 0.150. The molecule has 0 fully saturated rings. The Morgan fingerprint density at radius 2 is 1.52 bits per heavy atom. The van der Waals surface area contributed by atoms with Crippen LogP contribution in [0.15, 0.2) is 24.3 Å². The van der Waals surface area contributed by atoms with E-state index in [1.54, 1.807) is 31.2 Å². The van der Waals surface area contributed by atoms with Crippen LogP contribution in [0.3, 0.4) is 0 Å². The average molecular weight is 320 g/mol. The van der Waals surface area contributed by atoms with Gasteiger partial charge in [-0.05, 0) is 52.0 Å². The van der Waals surface area contributed by atoms with Crippen LogP contribution in [-0.2, 0) is 9.59 Å². The van der Waals surface area contributed by atoms with Crippen LogP contribution in [0.25, 0.3) is 0 Å². The van der Waals surface area contributed by atoms with Crippen LogP contribution >= 0.6 is 0 Å². The number of amides is 4. The maximum atomic E-state index is 12.0. The molecule has 0 bridgehead atoms. The summed E-state index contributed by atoms with van der Waals surface area (Å²) in [7, 11) is 0. The lowest BCUT2D eigenvalue weighted by molar-refractivity contribution is -0.120. The van der Waals surface area contributed by atoms with Crippen molar-refractivity contribution in [1.82, 2.24) is 10.6 Å². The highest BCUT2D eigenvalue weighted by Gasteiger charge is 2.19. The smallest absolute Gasteiger partial charge is 0.321 e. The Morgan fingerprint density at radius 1 is 1.00 bits per heavy atom. The van der Waals surface area contributed by atoms with E-state index in [9.17, 15) is 14.4 Å². The number of carbonyl (C=O) groups is 3. The van der Waals surface area contributed by atoms with Crippen LogP contribution in [0, 0.1) is 0 Å². The molecule has 1 unspecified atom stereocenters. The van der Waals surface area contributed by atoms with E-state index in [1.165, 1.54) is 6.92 Å². The lowest BCUT2D eigenvalue weighted by atomic mass is 10.1. The molecular formula is C16H24N4O3. The average Bonchev–Trinajstić information content (AvgIpc) is 2.37. The fourth-order valence-electron chi connectivity index (χ4n) is 1.76. The fourth-order valence-corrected chi connectivity index (χ4v) is 1.76. The van der Waals surface area contributed by atoms with Gasteiger partial charge in [-0.1, -0.05) is 0 Å². The second-order valence-electron chi connectivity index (χ2n) is 6.32. The van der Waals surface area contributed by atoms with Crippen molar-refractivity contribution in [1.29, 1.82) is 0 Å². The van der Waals surface area contributed by atoms with Gasteiger partial charge in [-0.15, -0.1) is 0 Å². The van der Waals surface area contributed by atoms with Crippen molar-refractivity contribution < 1.29 is 14.4 Å². The summed E-state index contributed by atoms with van der Waals surface area (Å²) in [5.41, 5.74) is 0.961. The normalized spacial score (nSPS) is 12.0. The third-order valence-electron chi connectivity index (χ3n) is 2.71. The molecule has 0 aliphatic carbocycles. The van der Waals surface area contributed by atoms with Gasteiger partial charge in [0.05, 0.1) is 0 Å². The van der Waals surface area contributed by atoms with Gasteiger partial charge in [0.15, 0.2) is 0 Å². The van der Waals surface area contributed by atoms with Gasteiger partial charge in [0, 0.05) is 23.8 Å². The Hall–Kier alpha value is -2.57. The molecule has 0 heterocycles. The van der Waals surface area contributed by atoms with Crippen molar-refractivity contribution in [3.63, 3.8) is 0 Å². The molecule has 4 amide bonds. The number of nitrogens with one attached hydrogen (secondary N) is 4. The lowest BCUT2D eigenvalue weighted by Gasteiger charge is -2.21. The summed E-state index contributed by atoms with van der Waals surface area (Å²) in [6, 6.07) is 5.81. The predicted octanol–water partition coefficient (Wildman–Crippen LogP) is 2.07. The fraction of sp³-hybridized carbons (Fsp3) is 0.438. The summed E-state index contributed by atoms with van der Waals surface area (Å²) < 4.78 is 0. The number of urea groups is 1. The van der Waals surface area contributed by atoms with Crippen LogP contribution in [0.4, 0.5) is 16.2 Å². The summed E-state index contributed by atoms with van der Waals surface area (Å²) in [5, 5.41) is 10.6. The Balaban J connectivity index is 2.54. The van der Waals surface area contributed by atoms with E-state index >= 15 is 0 Å².